The molecule has 2 aromatic rings. The maximum absolute atomic E-state index is 12.2. The third kappa shape index (κ3) is 7.13. The van der Waals surface area contributed by atoms with E-state index in [0.29, 0.717) is 18.0 Å². The van der Waals surface area contributed by atoms with Crippen molar-refractivity contribution >= 4 is 17.7 Å². The molecule has 0 aromatic heterocycles. The molecule has 0 heterocycles. The molecule has 0 aliphatic carbocycles. The zero-order chi connectivity index (χ0) is 18.1. The first kappa shape index (κ1) is 19.2. The van der Waals surface area contributed by atoms with Crippen LogP contribution in [0.1, 0.15) is 12.5 Å². The molecular weight excluding hydrogens is 344 g/mol. The van der Waals surface area contributed by atoms with Gasteiger partial charge in [-0.3, -0.25) is 4.79 Å². The molecule has 1 amide bonds. The van der Waals surface area contributed by atoms with Gasteiger partial charge in [0.05, 0.1) is 0 Å². The predicted molar refractivity (Wildman–Crippen MR) is 96.1 cm³/mol. The Morgan fingerprint density at radius 1 is 1.16 bits per heavy atom. The summed E-state index contributed by atoms with van der Waals surface area (Å²) in [4.78, 5) is 13.3. The highest BCUT2D eigenvalue weighted by molar-refractivity contribution is 7.99. The van der Waals surface area contributed by atoms with Gasteiger partial charge in [-0.25, -0.2) is 8.78 Å². The quantitative estimate of drug-likeness (QED) is 0.671. The van der Waals surface area contributed by atoms with Crippen molar-refractivity contribution in [3.05, 3.63) is 60.2 Å². The second-order valence-corrected chi connectivity index (χ2v) is 6.69. The molecule has 1 N–H and O–H groups in total. The van der Waals surface area contributed by atoms with Crippen LogP contribution in [0.25, 0.3) is 0 Å². The summed E-state index contributed by atoms with van der Waals surface area (Å²) in [5.74, 6) is 0.887. The van der Waals surface area contributed by atoms with Gasteiger partial charge in [-0.05, 0) is 29.8 Å². The van der Waals surface area contributed by atoms with E-state index in [1.165, 1.54) is 0 Å². The number of hydrogen-bond acceptors (Lipinski definition) is 3. The van der Waals surface area contributed by atoms with Crippen LogP contribution < -0.4 is 10.1 Å². The van der Waals surface area contributed by atoms with Crippen LogP contribution in [0.15, 0.2) is 59.5 Å². The summed E-state index contributed by atoms with van der Waals surface area (Å²) in [6.45, 7) is 1.59. The van der Waals surface area contributed by atoms with E-state index in [2.05, 4.69) is 5.32 Å². The lowest BCUT2D eigenvalue weighted by Crippen LogP contribution is -2.29. The van der Waals surface area contributed by atoms with Crippen LogP contribution in [-0.2, 0) is 11.3 Å². The van der Waals surface area contributed by atoms with Crippen LogP contribution in [-0.4, -0.2) is 24.7 Å². The summed E-state index contributed by atoms with van der Waals surface area (Å²) in [7, 11) is 0. The molecule has 0 saturated carbocycles. The van der Waals surface area contributed by atoms with Crippen LogP contribution in [0.2, 0.25) is 0 Å². The molecule has 0 aliphatic rings. The van der Waals surface area contributed by atoms with Crippen molar-refractivity contribution in [2.24, 2.45) is 5.92 Å². The Kier molecular flexibility index (Phi) is 7.73. The number of halogens is 2. The van der Waals surface area contributed by atoms with Gasteiger partial charge in [0.15, 0.2) is 0 Å². The van der Waals surface area contributed by atoms with E-state index in [9.17, 15) is 13.6 Å². The Bertz CT molecular complexity index is 667. The number of rotatable bonds is 9. The van der Waals surface area contributed by atoms with E-state index in [1.54, 1.807) is 30.0 Å². The number of benzene rings is 2. The average Bonchev–Trinajstić information content (AvgIpc) is 2.63. The van der Waals surface area contributed by atoms with Crippen molar-refractivity contribution in [2.45, 2.75) is 24.8 Å². The van der Waals surface area contributed by atoms with E-state index in [4.69, 9.17) is 4.74 Å². The van der Waals surface area contributed by atoms with Crippen molar-refractivity contribution in [3.8, 4) is 5.75 Å². The summed E-state index contributed by atoms with van der Waals surface area (Å²) in [5, 5.41) is 2.87. The molecule has 1 unspecified atom stereocenters. The molecule has 0 saturated heterocycles. The zero-order valence-electron chi connectivity index (χ0n) is 14.0. The summed E-state index contributed by atoms with van der Waals surface area (Å²) in [6.07, 6.45) is -2.51. The van der Waals surface area contributed by atoms with Gasteiger partial charge < -0.3 is 10.1 Å². The second-order valence-electron chi connectivity index (χ2n) is 5.59. The van der Waals surface area contributed by atoms with Gasteiger partial charge in [0.1, 0.15) is 12.4 Å². The molecule has 2 aromatic carbocycles. The predicted octanol–water partition coefficient (Wildman–Crippen LogP) is 4.38. The van der Waals surface area contributed by atoms with E-state index in [0.717, 1.165) is 10.5 Å². The SMILES string of the molecule is CC(CSc1ccccc1)C(=O)NCc1cccc(OCC(F)F)c1. The van der Waals surface area contributed by atoms with E-state index in [-0.39, 0.29) is 11.8 Å². The van der Waals surface area contributed by atoms with Gasteiger partial charge in [-0.2, -0.15) is 0 Å². The van der Waals surface area contributed by atoms with E-state index < -0.39 is 13.0 Å². The summed E-state index contributed by atoms with van der Waals surface area (Å²) in [5.41, 5.74) is 0.808. The standard InChI is InChI=1S/C19H21F2NO2S/c1-14(13-25-17-8-3-2-4-9-17)19(23)22-11-15-6-5-7-16(10-15)24-12-18(20)21/h2-10,14,18H,11-13H2,1H3,(H,22,23). The molecule has 0 fully saturated rings. The third-order valence-corrected chi connectivity index (χ3v) is 4.70. The summed E-state index contributed by atoms with van der Waals surface area (Å²) < 4.78 is 29.3. The number of ether oxygens (including phenoxy) is 1. The molecule has 1 atom stereocenters. The summed E-state index contributed by atoms with van der Waals surface area (Å²) in [6, 6.07) is 16.7. The molecule has 0 bridgehead atoms. The Balaban J connectivity index is 1.77. The first-order valence-electron chi connectivity index (χ1n) is 8.00. The van der Waals surface area contributed by atoms with Crippen molar-refractivity contribution in [3.63, 3.8) is 0 Å². The van der Waals surface area contributed by atoms with Crippen molar-refractivity contribution in [2.75, 3.05) is 12.4 Å². The van der Waals surface area contributed by atoms with Gasteiger partial charge in [0.25, 0.3) is 6.43 Å². The number of nitrogens with one attached hydrogen (secondary N) is 1. The molecule has 0 radical (unpaired) electrons. The van der Waals surface area contributed by atoms with Crippen LogP contribution in [0.5, 0.6) is 5.75 Å². The minimum absolute atomic E-state index is 0.0395. The molecule has 6 heteroatoms. The van der Waals surface area contributed by atoms with Gasteiger partial charge >= 0.3 is 0 Å². The minimum Gasteiger partial charge on any atom is -0.488 e. The zero-order valence-corrected chi connectivity index (χ0v) is 14.8. The lowest BCUT2D eigenvalue weighted by Gasteiger charge is -2.13. The number of carbonyl (C=O) groups excluding carboxylic acids is 1. The molecule has 0 spiro atoms. The van der Waals surface area contributed by atoms with Crippen LogP contribution in [0, 0.1) is 5.92 Å². The molecule has 3 nitrogen and oxygen atoms in total. The Hall–Kier alpha value is -2.08. The number of hydrogen-bond donors (Lipinski definition) is 1. The highest BCUT2D eigenvalue weighted by Gasteiger charge is 2.13. The number of amides is 1. The second kappa shape index (κ2) is 10.0. The largest absolute Gasteiger partial charge is 0.488 e. The number of alkyl halides is 2. The average molecular weight is 365 g/mol. The Morgan fingerprint density at radius 2 is 1.92 bits per heavy atom. The molecular formula is C19H21F2NO2S. The number of thioether (sulfide) groups is 1. The molecule has 134 valence electrons. The first-order valence-corrected chi connectivity index (χ1v) is 8.98. The summed E-state index contributed by atoms with van der Waals surface area (Å²) >= 11 is 1.64. The van der Waals surface area contributed by atoms with Crippen molar-refractivity contribution < 1.29 is 18.3 Å². The van der Waals surface area contributed by atoms with Gasteiger partial charge in [0, 0.05) is 23.1 Å². The molecule has 25 heavy (non-hydrogen) atoms. The lowest BCUT2D eigenvalue weighted by atomic mass is 10.2. The Labute approximate surface area is 150 Å². The Morgan fingerprint density at radius 3 is 2.64 bits per heavy atom. The van der Waals surface area contributed by atoms with Gasteiger partial charge in [-0.1, -0.05) is 37.3 Å². The van der Waals surface area contributed by atoms with Crippen LogP contribution >= 0.6 is 11.8 Å². The van der Waals surface area contributed by atoms with E-state index in [1.807, 2.05) is 43.3 Å². The van der Waals surface area contributed by atoms with Gasteiger partial charge in [-0.15, -0.1) is 11.8 Å². The molecule has 2 rings (SSSR count). The maximum atomic E-state index is 12.2. The van der Waals surface area contributed by atoms with Crippen LogP contribution in [0.3, 0.4) is 0 Å². The topological polar surface area (TPSA) is 38.3 Å². The monoisotopic (exact) mass is 365 g/mol. The first-order chi connectivity index (χ1) is 12.0. The molecule has 0 aliphatic heterocycles. The minimum atomic E-state index is -2.51. The van der Waals surface area contributed by atoms with Gasteiger partial charge in [0.2, 0.25) is 5.91 Å². The van der Waals surface area contributed by atoms with Crippen molar-refractivity contribution in [1.29, 1.82) is 0 Å². The maximum Gasteiger partial charge on any atom is 0.272 e. The fourth-order valence-electron chi connectivity index (χ4n) is 2.08. The van der Waals surface area contributed by atoms with Crippen LogP contribution in [0.4, 0.5) is 8.78 Å². The van der Waals surface area contributed by atoms with Crippen molar-refractivity contribution in [1.82, 2.24) is 5.32 Å². The highest BCUT2D eigenvalue weighted by atomic mass is 32.2. The number of carbonyl (C=O) groups is 1. The smallest absolute Gasteiger partial charge is 0.272 e. The highest BCUT2D eigenvalue weighted by Crippen LogP contribution is 2.20. The fourth-order valence-corrected chi connectivity index (χ4v) is 3.02. The van der Waals surface area contributed by atoms with E-state index >= 15 is 0 Å². The lowest BCUT2D eigenvalue weighted by molar-refractivity contribution is -0.124. The normalized spacial score (nSPS) is 12.0. The third-order valence-electron chi connectivity index (χ3n) is 3.43. The fraction of sp³-hybridized carbons (Fsp3) is 0.316.